The number of nitrogens with two attached hydrogens (primary N) is 1. The molecule has 0 aromatic heterocycles. The summed E-state index contributed by atoms with van der Waals surface area (Å²) in [6.07, 6.45) is -1.44. The molecule has 2 aromatic rings. The molecule has 0 radical (unpaired) electrons. The van der Waals surface area contributed by atoms with Crippen molar-refractivity contribution < 1.29 is 15.0 Å². The number of rotatable bonds is 11. The highest BCUT2D eigenvalue weighted by molar-refractivity contribution is 8.77. The van der Waals surface area contributed by atoms with Crippen LogP contribution in [0.25, 0.3) is 0 Å². The van der Waals surface area contributed by atoms with Crippen LogP contribution in [-0.2, 0) is 0 Å². The molecule has 0 saturated heterocycles. The molecule has 0 spiro atoms. The van der Waals surface area contributed by atoms with E-state index in [9.17, 15) is 4.79 Å². The molecule has 1 amide bonds. The Morgan fingerprint density at radius 2 is 1.48 bits per heavy atom. The molecule has 2 rings (SSSR count). The minimum atomic E-state index is -1.44. The van der Waals surface area contributed by atoms with Crippen LogP contribution in [0.2, 0.25) is 0 Å². The number of nitrogens with one attached hydrogen (secondary N) is 1. The minimum absolute atomic E-state index is 0.0759. The van der Waals surface area contributed by atoms with Crippen molar-refractivity contribution in [3.8, 4) is 0 Å². The van der Waals surface area contributed by atoms with Gasteiger partial charge in [0.1, 0.15) is 0 Å². The SMILES string of the molecule is NCCSSc1ccc(C(=O)NCCSSc2ccc(C(O)O)cc2)cc1. The Labute approximate surface area is 175 Å². The molecule has 2 aromatic carbocycles. The number of amides is 1. The van der Waals surface area contributed by atoms with Crippen LogP contribution < -0.4 is 11.1 Å². The summed E-state index contributed by atoms with van der Waals surface area (Å²) in [6, 6.07) is 14.6. The van der Waals surface area contributed by atoms with Crippen molar-refractivity contribution in [3.05, 3.63) is 59.7 Å². The summed E-state index contributed by atoms with van der Waals surface area (Å²) in [7, 11) is 6.58. The molecule has 0 atom stereocenters. The number of benzene rings is 2. The Kier molecular flexibility index (Phi) is 10.5. The van der Waals surface area contributed by atoms with E-state index >= 15 is 0 Å². The standard InChI is InChI=1S/C18H22N2O3S4/c19-9-11-24-26-15-5-1-13(2-6-15)17(21)20-10-12-25-27-16-7-3-14(4-8-16)18(22)23/h1-8,18,22-23H,9-12,19H2,(H,20,21). The molecule has 146 valence electrons. The lowest BCUT2D eigenvalue weighted by molar-refractivity contribution is -0.0425. The third-order valence-corrected chi connectivity index (χ3v) is 8.08. The first-order valence-electron chi connectivity index (χ1n) is 8.23. The second-order valence-corrected chi connectivity index (χ2v) is 10.3. The van der Waals surface area contributed by atoms with E-state index in [2.05, 4.69) is 5.32 Å². The van der Waals surface area contributed by atoms with Crippen molar-refractivity contribution in [2.75, 3.05) is 24.6 Å². The molecular formula is C18H22N2O3S4. The number of hydrogen-bond donors (Lipinski definition) is 4. The third-order valence-electron chi connectivity index (χ3n) is 3.28. The maximum atomic E-state index is 12.1. The molecule has 0 heterocycles. The summed E-state index contributed by atoms with van der Waals surface area (Å²) in [5.41, 5.74) is 6.59. The average molecular weight is 443 g/mol. The Morgan fingerprint density at radius 1 is 0.926 bits per heavy atom. The Hall–Kier alpha value is -0.810. The predicted octanol–water partition coefficient (Wildman–Crippen LogP) is 3.54. The van der Waals surface area contributed by atoms with Gasteiger partial charge < -0.3 is 21.3 Å². The van der Waals surface area contributed by atoms with Crippen LogP contribution in [-0.4, -0.2) is 40.7 Å². The lowest BCUT2D eigenvalue weighted by Crippen LogP contribution is -2.25. The van der Waals surface area contributed by atoms with Gasteiger partial charge in [0.2, 0.25) is 0 Å². The summed E-state index contributed by atoms with van der Waals surface area (Å²) >= 11 is 0. The molecule has 0 aliphatic carbocycles. The summed E-state index contributed by atoms with van der Waals surface area (Å²) in [6.45, 7) is 1.23. The number of aliphatic hydroxyl groups is 2. The molecule has 0 unspecified atom stereocenters. The van der Waals surface area contributed by atoms with E-state index in [4.69, 9.17) is 15.9 Å². The normalized spacial score (nSPS) is 11.0. The van der Waals surface area contributed by atoms with Crippen LogP contribution in [0.15, 0.2) is 58.3 Å². The van der Waals surface area contributed by atoms with Gasteiger partial charge in [0.05, 0.1) is 0 Å². The van der Waals surface area contributed by atoms with Crippen molar-refractivity contribution in [3.63, 3.8) is 0 Å². The van der Waals surface area contributed by atoms with Gasteiger partial charge in [-0.15, -0.1) is 0 Å². The second-order valence-electron chi connectivity index (χ2n) is 5.32. The molecule has 5 nitrogen and oxygen atoms in total. The van der Waals surface area contributed by atoms with E-state index in [0.717, 1.165) is 21.3 Å². The van der Waals surface area contributed by atoms with Crippen molar-refractivity contribution in [1.29, 1.82) is 0 Å². The maximum Gasteiger partial charge on any atom is 0.251 e. The first-order valence-corrected chi connectivity index (χ1v) is 12.9. The monoisotopic (exact) mass is 442 g/mol. The first kappa shape index (κ1) is 22.5. The van der Waals surface area contributed by atoms with Crippen LogP contribution in [0.4, 0.5) is 0 Å². The van der Waals surface area contributed by atoms with Crippen LogP contribution in [0.3, 0.4) is 0 Å². The largest absolute Gasteiger partial charge is 0.364 e. The molecular weight excluding hydrogens is 420 g/mol. The molecule has 0 saturated carbocycles. The van der Waals surface area contributed by atoms with Crippen LogP contribution in [0, 0.1) is 0 Å². The van der Waals surface area contributed by atoms with E-state index in [0.29, 0.717) is 24.2 Å². The topological polar surface area (TPSA) is 95.6 Å². The quantitative estimate of drug-likeness (QED) is 0.238. The van der Waals surface area contributed by atoms with Gasteiger partial charge in [0, 0.05) is 45.5 Å². The van der Waals surface area contributed by atoms with Crippen molar-refractivity contribution in [2.24, 2.45) is 5.73 Å². The lowest BCUT2D eigenvalue weighted by atomic mass is 10.2. The molecule has 5 N–H and O–H groups in total. The fraction of sp³-hybridized carbons (Fsp3) is 0.278. The van der Waals surface area contributed by atoms with Gasteiger partial charge in [0.15, 0.2) is 6.29 Å². The Balaban J connectivity index is 1.65. The fourth-order valence-electron chi connectivity index (χ4n) is 1.93. The fourth-order valence-corrected chi connectivity index (χ4v) is 5.67. The van der Waals surface area contributed by atoms with E-state index in [-0.39, 0.29) is 5.91 Å². The highest BCUT2D eigenvalue weighted by atomic mass is 33.1. The Bertz CT molecular complexity index is 697. The van der Waals surface area contributed by atoms with Gasteiger partial charge in [0.25, 0.3) is 5.91 Å². The predicted molar refractivity (Wildman–Crippen MR) is 118 cm³/mol. The van der Waals surface area contributed by atoms with E-state index in [1.807, 2.05) is 36.4 Å². The highest BCUT2D eigenvalue weighted by Crippen LogP contribution is 2.31. The summed E-state index contributed by atoms with van der Waals surface area (Å²) < 4.78 is 0. The van der Waals surface area contributed by atoms with Gasteiger partial charge in [-0.25, -0.2) is 0 Å². The zero-order valence-corrected chi connectivity index (χ0v) is 17.8. The molecule has 0 bridgehead atoms. The van der Waals surface area contributed by atoms with Gasteiger partial charge in [-0.2, -0.15) is 0 Å². The van der Waals surface area contributed by atoms with Crippen molar-refractivity contribution in [1.82, 2.24) is 5.32 Å². The van der Waals surface area contributed by atoms with E-state index in [1.165, 1.54) is 0 Å². The lowest BCUT2D eigenvalue weighted by Gasteiger charge is -2.07. The van der Waals surface area contributed by atoms with Crippen molar-refractivity contribution in [2.45, 2.75) is 16.1 Å². The summed E-state index contributed by atoms with van der Waals surface area (Å²) in [5, 5.41) is 21.0. The van der Waals surface area contributed by atoms with Gasteiger partial charge in [-0.1, -0.05) is 55.3 Å². The third kappa shape index (κ3) is 8.39. The zero-order valence-electron chi connectivity index (χ0n) is 14.5. The first-order chi connectivity index (χ1) is 13.1. The molecule has 9 heteroatoms. The van der Waals surface area contributed by atoms with Crippen LogP contribution in [0.1, 0.15) is 22.2 Å². The van der Waals surface area contributed by atoms with Gasteiger partial charge in [-0.05, 0) is 36.4 Å². The number of aliphatic hydroxyl groups excluding tert-OH is 1. The maximum absolute atomic E-state index is 12.1. The smallest absolute Gasteiger partial charge is 0.251 e. The highest BCUT2D eigenvalue weighted by Gasteiger charge is 2.06. The molecule has 0 aliphatic rings. The van der Waals surface area contributed by atoms with E-state index < -0.39 is 6.29 Å². The Morgan fingerprint density at radius 3 is 2.04 bits per heavy atom. The van der Waals surface area contributed by atoms with Gasteiger partial charge >= 0.3 is 0 Å². The molecule has 27 heavy (non-hydrogen) atoms. The number of carbonyl (C=O) groups excluding carboxylic acids is 1. The number of carbonyl (C=O) groups is 1. The second kappa shape index (κ2) is 12.6. The number of hydrogen-bond acceptors (Lipinski definition) is 8. The minimum Gasteiger partial charge on any atom is -0.364 e. The average Bonchev–Trinajstić information content (AvgIpc) is 2.68. The molecule has 0 aliphatic heterocycles. The van der Waals surface area contributed by atoms with Gasteiger partial charge in [-0.3, -0.25) is 4.79 Å². The summed E-state index contributed by atoms with van der Waals surface area (Å²) in [5.74, 6) is 1.59. The van der Waals surface area contributed by atoms with Crippen LogP contribution in [0.5, 0.6) is 0 Å². The zero-order chi connectivity index (χ0) is 19.5. The molecule has 0 fully saturated rings. The van der Waals surface area contributed by atoms with Crippen LogP contribution >= 0.6 is 43.2 Å². The van der Waals surface area contributed by atoms with E-state index in [1.54, 1.807) is 55.3 Å². The van der Waals surface area contributed by atoms with Crippen molar-refractivity contribution >= 4 is 49.1 Å². The summed E-state index contributed by atoms with van der Waals surface area (Å²) in [4.78, 5) is 14.3.